The summed E-state index contributed by atoms with van der Waals surface area (Å²) in [6.45, 7) is 1.13. The van der Waals surface area contributed by atoms with Crippen molar-refractivity contribution in [1.82, 2.24) is 20.0 Å². The largest absolute Gasteiger partial charge is 0.340 e. The highest BCUT2D eigenvalue weighted by atomic mass is 32.2. The molecule has 3 heterocycles. The Hall–Kier alpha value is -2.74. The molecule has 0 spiro atoms. The standard InChI is InChI=1S/C18H15FN4O2S/c19-14-3-5-15(6-4-14)26-11-16(24)23-9-13(10-23)18-21-17(22-25-18)12-2-1-7-20-8-12/h1-8,13H,9-11H2. The van der Waals surface area contributed by atoms with Gasteiger partial charge in [-0.15, -0.1) is 11.8 Å². The summed E-state index contributed by atoms with van der Waals surface area (Å²) >= 11 is 1.40. The number of carbonyl (C=O) groups excluding carboxylic acids is 1. The maximum absolute atomic E-state index is 12.9. The number of carbonyl (C=O) groups is 1. The van der Waals surface area contributed by atoms with E-state index in [2.05, 4.69) is 15.1 Å². The van der Waals surface area contributed by atoms with Crippen LogP contribution in [0.4, 0.5) is 4.39 Å². The Morgan fingerprint density at radius 3 is 2.81 bits per heavy atom. The van der Waals surface area contributed by atoms with Gasteiger partial charge in [0.2, 0.25) is 17.6 Å². The van der Waals surface area contributed by atoms with E-state index in [1.54, 1.807) is 29.4 Å². The van der Waals surface area contributed by atoms with Gasteiger partial charge in [0.15, 0.2) is 0 Å². The van der Waals surface area contributed by atoms with E-state index in [0.717, 1.165) is 10.5 Å². The first-order valence-corrected chi connectivity index (χ1v) is 9.08. The first-order valence-electron chi connectivity index (χ1n) is 8.09. The molecule has 0 saturated carbocycles. The second-order valence-electron chi connectivity index (χ2n) is 5.94. The summed E-state index contributed by atoms with van der Waals surface area (Å²) in [4.78, 5) is 23.3. The number of thioether (sulfide) groups is 1. The second kappa shape index (κ2) is 7.25. The number of hydrogen-bond acceptors (Lipinski definition) is 6. The molecular weight excluding hydrogens is 355 g/mol. The number of rotatable bonds is 5. The van der Waals surface area contributed by atoms with Gasteiger partial charge in [-0.2, -0.15) is 4.98 Å². The van der Waals surface area contributed by atoms with Gasteiger partial charge >= 0.3 is 0 Å². The normalized spacial score (nSPS) is 14.3. The van der Waals surface area contributed by atoms with Crippen LogP contribution in [0.2, 0.25) is 0 Å². The third-order valence-corrected chi connectivity index (χ3v) is 5.12. The van der Waals surface area contributed by atoms with E-state index in [0.29, 0.717) is 30.6 Å². The zero-order chi connectivity index (χ0) is 17.9. The molecule has 1 aliphatic rings. The third-order valence-electron chi connectivity index (χ3n) is 4.12. The van der Waals surface area contributed by atoms with Crippen molar-refractivity contribution in [1.29, 1.82) is 0 Å². The molecule has 3 aromatic rings. The molecular formula is C18H15FN4O2S. The van der Waals surface area contributed by atoms with Crippen molar-refractivity contribution in [3.63, 3.8) is 0 Å². The fraction of sp³-hybridized carbons (Fsp3) is 0.222. The Morgan fingerprint density at radius 2 is 2.08 bits per heavy atom. The highest BCUT2D eigenvalue weighted by molar-refractivity contribution is 8.00. The molecule has 0 atom stereocenters. The van der Waals surface area contributed by atoms with Crippen LogP contribution in [0.1, 0.15) is 11.8 Å². The molecule has 1 amide bonds. The molecule has 2 aromatic heterocycles. The van der Waals surface area contributed by atoms with Gasteiger partial charge in [-0.25, -0.2) is 4.39 Å². The van der Waals surface area contributed by atoms with Crippen LogP contribution in [0.25, 0.3) is 11.4 Å². The predicted octanol–water partition coefficient (Wildman–Crippen LogP) is 2.99. The van der Waals surface area contributed by atoms with Gasteiger partial charge in [0, 0.05) is 35.9 Å². The summed E-state index contributed by atoms with van der Waals surface area (Å²) in [6.07, 6.45) is 3.36. The smallest absolute Gasteiger partial charge is 0.233 e. The number of pyridine rings is 1. The molecule has 6 nitrogen and oxygen atoms in total. The predicted molar refractivity (Wildman–Crippen MR) is 94.0 cm³/mol. The monoisotopic (exact) mass is 370 g/mol. The lowest BCUT2D eigenvalue weighted by atomic mass is 10.0. The Balaban J connectivity index is 1.29. The first kappa shape index (κ1) is 16.7. The van der Waals surface area contributed by atoms with Gasteiger partial charge in [-0.05, 0) is 36.4 Å². The number of nitrogens with zero attached hydrogens (tertiary/aromatic N) is 4. The zero-order valence-corrected chi connectivity index (χ0v) is 14.5. The van der Waals surface area contributed by atoms with Crippen LogP contribution < -0.4 is 0 Å². The number of halogens is 1. The van der Waals surface area contributed by atoms with Crippen molar-refractivity contribution in [3.8, 4) is 11.4 Å². The number of aromatic nitrogens is 3. The molecule has 8 heteroatoms. The van der Waals surface area contributed by atoms with Crippen molar-refractivity contribution in [2.45, 2.75) is 10.8 Å². The summed E-state index contributed by atoms with van der Waals surface area (Å²) in [6, 6.07) is 9.80. The van der Waals surface area contributed by atoms with Crippen LogP contribution in [0.15, 0.2) is 58.2 Å². The quantitative estimate of drug-likeness (QED) is 0.643. The van der Waals surface area contributed by atoms with Gasteiger partial charge < -0.3 is 9.42 Å². The summed E-state index contributed by atoms with van der Waals surface area (Å²) < 4.78 is 18.2. The van der Waals surface area contributed by atoms with Gasteiger partial charge in [-0.1, -0.05) is 5.16 Å². The summed E-state index contributed by atoms with van der Waals surface area (Å²) in [5, 5.41) is 3.98. The van der Waals surface area contributed by atoms with Crippen molar-refractivity contribution >= 4 is 17.7 Å². The maximum atomic E-state index is 12.9. The zero-order valence-electron chi connectivity index (χ0n) is 13.7. The molecule has 26 heavy (non-hydrogen) atoms. The lowest BCUT2D eigenvalue weighted by Crippen LogP contribution is -2.49. The van der Waals surface area contributed by atoms with E-state index in [1.807, 2.05) is 12.1 Å². The number of benzene rings is 1. The Morgan fingerprint density at radius 1 is 1.27 bits per heavy atom. The van der Waals surface area contributed by atoms with Crippen LogP contribution in [-0.2, 0) is 4.79 Å². The van der Waals surface area contributed by atoms with Crippen LogP contribution in [0.5, 0.6) is 0 Å². The van der Waals surface area contributed by atoms with Gasteiger partial charge in [-0.3, -0.25) is 9.78 Å². The van der Waals surface area contributed by atoms with E-state index in [9.17, 15) is 9.18 Å². The second-order valence-corrected chi connectivity index (χ2v) is 6.98. The van der Waals surface area contributed by atoms with Gasteiger partial charge in [0.1, 0.15) is 5.82 Å². The van der Waals surface area contributed by atoms with E-state index >= 15 is 0 Å². The lowest BCUT2D eigenvalue weighted by molar-refractivity contribution is -0.133. The molecule has 0 N–H and O–H groups in total. The van der Waals surface area contributed by atoms with E-state index in [-0.39, 0.29) is 17.6 Å². The van der Waals surface area contributed by atoms with Gasteiger partial charge in [0.25, 0.3) is 0 Å². The molecule has 1 fully saturated rings. The van der Waals surface area contributed by atoms with E-state index in [1.165, 1.54) is 23.9 Å². The van der Waals surface area contributed by atoms with E-state index < -0.39 is 0 Å². The number of likely N-dealkylation sites (tertiary alicyclic amines) is 1. The molecule has 132 valence electrons. The lowest BCUT2D eigenvalue weighted by Gasteiger charge is -2.37. The third kappa shape index (κ3) is 3.60. The molecule has 1 aromatic carbocycles. The fourth-order valence-electron chi connectivity index (χ4n) is 2.62. The van der Waals surface area contributed by atoms with Crippen LogP contribution in [0, 0.1) is 5.82 Å². The molecule has 0 bridgehead atoms. The molecule has 0 unspecified atom stereocenters. The minimum Gasteiger partial charge on any atom is -0.340 e. The molecule has 4 rings (SSSR count). The summed E-state index contributed by atoms with van der Waals surface area (Å²) in [7, 11) is 0. The summed E-state index contributed by atoms with van der Waals surface area (Å²) in [5.74, 6) is 1.19. The minimum atomic E-state index is -0.281. The number of hydrogen-bond donors (Lipinski definition) is 0. The van der Waals surface area contributed by atoms with E-state index in [4.69, 9.17) is 4.52 Å². The highest BCUT2D eigenvalue weighted by Gasteiger charge is 2.35. The fourth-order valence-corrected chi connectivity index (χ4v) is 3.42. The van der Waals surface area contributed by atoms with Crippen LogP contribution in [-0.4, -0.2) is 44.8 Å². The maximum Gasteiger partial charge on any atom is 0.233 e. The Bertz CT molecular complexity index is 895. The average Bonchev–Trinajstić information content (AvgIpc) is 3.10. The van der Waals surface area contributed by atoms with Crippen molar-refractivity contribution in [3.05, 3.63) is 60.5 Å². The first-order chi connectivity index (χ1) is 12.7. The molecule has 0 aliphatic carbocycles. The summed E-state index contributed by atoms with van der Waals surface area (Å²) in [5.41, 5.74) is 0.797. The Labute approximate surface area is 153 Å². The molecule has 1 saturated heterocycles. The molecule has 1 aliphatic heterocycles. The van der Waals surface area contributed by atoms with Gasteiger partial charge in [0.05, 0.1) is 11.7 Å². The Kier molecular flexibility index (Phi) is 4.66. The van der Waals surface area contributed by atoms with Crippen LogP contribution in [0.3, 0.4) is 0 Å². The van der Waals surface area contributed by atoms with Crippen molar-refractivity contribution in [2.24, 2.45) is 0 Å². The molecule has 0 radical (unpaired) electrons. The minimum absolute atomic E-state index is 0.0440. The topological polar surface area (TPSA) is 72.1 Å². The van der Waals surface area contributed by atoms with Crippen LogP contribution >= 0.6 is 11.8 Å². The average molecular weight is 370 g/mol. The highest BCUT2D eigenvalue weighted by Crippen LogP contribution is 2.28. The number of amides is 1. The van der Waals surface area contributed by atoms with Crippen molar-refractivity contribution < 1.29 is 13.7 Å². The SMILES string of the molecule is O=C(CSc1ccc(F)cc1)N1CC(c2nc(-c3cccnc3)no2)C1. The van der Waals surface area contributed by atoms with Crippen molar-refractivity contribution in [2.75, 3.05) is 18.8 Å².